The maximum atomic E-state index is 13.1. The summed E-state index contributed by atoms with van der Waals surface area (Å²) < 4.78 is 25.3. The summed E-state index contributed by atoms with van der Waals surface area (Å²) >= 11 is 0. The average molecular weight is 508 g/mol. The van der Waals surface area contributed by atoms with E-state index >= 15 is 0 Å². The maximum absolute atomic E-state index is 13.1. The number of nitrogens with zero attached hydrogens (tertiary/aromatic N) is 5. The molecule has 186 valence electrons. The lowest BCUT2D eigenvalue weighted by Gasteiger charge is -2.34. The maximum Gasteiger partial charge on any atom is 0.251 e. The summed E-state index contributed by atoms with van der Waals surface area (Å²) in [5.41, 5.74) is 2.88. The van der Waals surface area contributed by atoms with E-state index in [9.17, 15) is 23.1 Å². The van der Waals surface area contributed by atoms with Gasteiger partial charge < -0.3 is 14.6 Å². The summed E-state index contributed by atoms with van der Waals surface area (Å²) in [7, 11) is -3.42. The number of sulfone groups is 1. The van der Waals surface area contributed by atoms with Gasteiger partial charge in [-0.3, -0.25) is 14.6 Å². The van der Waals surface area contributed by atoms with E-state index in [1.54, 1.807) is 33.9 Å². The number of likely N-dealkylation sites (tertiary alicyclic amines) is 1. The molecule has 1 saturated heterocycles. The molecule has 0 saturated carbocycles. The largest absolute Gasteiger partial charge is 0.384 e. The van der Waals surface area contributed by atoms with E-state index in [1.807, 2.05) is 6.07 Å². The molecule has 36 heavy (non-hydrogen) atoms. The van der Waals surface area contributed by atoms with Crippen molar-refractivity contribution in [1.29, 1.82) is 0 Å². The van der Waals surface area contributed by atoms with Crippen LogP contribution in [-0.4, -0.2) is 69.3 Å². The minimum absolute atomic E-state index is 0.0200. The Morgan fingerprint density at radius 1 is 1.06 bits per heavy atom. The monoisotopic (exact) mass is 507 g/mol. The van der Waals surface area contributed by atoms with Gasteiger partial charge in [0.2, 0.25) is 0 Å². The molecule has 1 fully saturated rings. The minimum atomic E-state index is -3.42. The Kier molecular flexibility index (Phi) is 6.05. The number of aliphatic hydroxyl groups excluding tert-OH is 1. The van der Waals surface area contributed by atoms with Crippen LogP contribution in [0.1, 0.15) is 25.8 Å². The van der Waals surface area contributed by atoms with Crippen molar-refractivity contribution in [3.63, 3.8) is 0 Å². The van der Waals surface area contributed by atoms with E-state index in [0.29, 0.717) is 53.7 Å². The summed E-state index contributed by atoms with van der Waals surface area (Å²) in [6.45, 7) is 2.34. The molecule has 4 aromatic rings. The zero-order valence-corrected chi connectivity index (χ0v) is 20.6. The fourth-order valence-electron chi connectivity index (χ4n) is 4.68. The quantitative estimate of drug-likeness (QED) is 0.414. The number of rotatable bonds is 4. The highest BCUT2D eigenvalue weighted by Gasteiger charge is 2.27. The Morgan fingerprint density at radius 3 is 2.44 bits per heavy atom. The van der Waals surface area contributed by atoms with Gasteiger partial charge in [0, 0.05) is 54.8 Å². The lowest BCUT2D eigenvalue weighted by atomic mass is 10.0. The molecule has 1 amide bonds. The van der Waals surface area contributed by atoms with Gasteiger partial charge in [-0.2, -0.15) is 0 Å². The van der Waals surface area contributed by atoms with E-state index in [0.717, 1.165) is 11.6 Å². The van der Waals surface area contributed by atoms with Crippen molar-refractivity contribution in [1.82, 2.24) is 24.4 Å². The molecule has 5 heterocycles. The zero-order valence-electron chi connectivity index (χ0n) is 19.8. The van der Waals surface area contributed by atoms with Crippen LogP contribution in [0.5, 0.6) is 0 Å². The van der Waals surface area contributed by atoms with Gasteiger partial charge in [0.1, 0.15) is 11.6 Å². The number of hydrogen-bond acceptors (Lipinski definition) is 8. The van der Waals surface area contributed by atoms with Gasteiger partial charge in [0.05, 0.1) is 16.7 Å². The minimum Gasteiger partial charge on any atom is -0.384 e. The molecule has 4 aromatic heterocycles. The second-order valence-electron chi connectivity index (χ2n) is 9.06. The fourth-order valence-corrected chi connectivity index (χ4v) is 5.24. The van der Waals surface area contributed by atoms with Crippen molar-refractivity contribution >= 4 is 37.7 Å². The number of amides is 1. The summed E-state index contributed by atoms with van der Waals surface area (Å²) in [5, 5.41) is 10.4. The Balaban J connectivity index is 1.60. The standard InChI is InChI=1S/C25H25N5O5S/c1-15(31)25(33)29-11-9-18(10-12-29)30-22(32)8-4-17-14-26-20-6-5-19(28-23(20)24(17)30)16-3-7-21(27-13-16)36(2,34)35/h3-8,13-15,18,31H,9-12H2,1-2H3/t15-/m1/s1. The SMILES string of the molecule is C[C@@H](O)C(=O)N1CCC(n2c(=O)ccc3cnc4ccc(-c5ccc(S(C)(=O)=O)nc5)nc4c32)CC1. The van der Waals surface area contributed by atoms with Crippen LogP contribution < -0.4 is 5.56 Å². The van der Waals surface area contributed by atoms with E-state index in [4.69, 9.17) is 4.98 Å². The van der Waals surface area contributed by atoms with E-state index in [1.165, 1.54) is 25.3 Å². The molecule has 1 aliphatic rings. The molecule has 10 nitrogen and oxygen atoms in total. The molecule has 1 N–H and O–H groups in total. The van der Waals surface area contributed by atoms with Crippen LogP contribution in [0.15, 0.2) is 58.6 Å². The Morgan fingerprint density at radius 2 is 1.81 bits per heavy atom. The van der Waals surface area contributed by atoms with Crippen LogP contribution in [0.4, 0.5) is 0 Å². The Labute approximate surface area is 207 Å². The number of carbonyl (C=O) groups is 1. The summed E-state index contributed by atoms with van der Waals surface area (Å²) in [4.78, 5) is 40.3. The first-order valence-electron chi connectivity index (χ1n) is 11.6. The van der Waals surface area contributed by atoms with Crippen LogP contribution >= 0.6 is 0 Å². The van der Waals surface area contributed by atoms with Gasteiger partial charge in [-0.1, -0.05) is 0 Å². The number of hydrogen-bond donors (Lipinski definition) is 1. The van der Waals surface area contributed by atoms with Crippen molar-refractivity contribution in [3.8, 4) is 11.3 Å². The summed E-state index contributed by atoms with van der Waals surface area (Å²) in [6.07, 6.45) is 4.36. The van der Waals surface area contributed by atoms with E-state index < -0.39 is 15.9 Å². The van der Waals surface area contributed by atoms with Gasteiger partial charge in [-0.05, 0) is 50.1 Å². The highest BCUT2D eigenvalue weighted by Crippen LogP contribution is 2.30. The van der Waals surface area contributed by atoms with Crippen molar-refractivity contribution in [2.45, 2.75) is 36.9 Å². The smallest absolute Gasteiger partial charge is 0.251 e. The van der Waals surface area contributed by atoms with Crippen molar-refractivity contribution in [3.05, 3.63) is 59.1 Å². The van der Waals surface area contributed by atoms with Crippen LogP contribution in [0, 0.1) is 0 Å². The summed E-state index contributed by atoms with van der Waals surface area (Å²) in [6, 6.07) is 9.78. The van der Waals surface area contributed by atoms with Gasteiger partial charge in [-0.15, -0.1) is 0 Å². The summed E-state index contributed by atoms with van der Waals surface area (Å²) in [5.74, 6) is -0.310. The first-order valence-corrected chi connectivity index (χ1v) is 13.5. The van der Waals surface area contributed by atoms with Crippen molar-refractivity contribution in [2.24, 2.45) is 0 Å². The molecule has 0 bridgehead atoms. The Bertz CT molecular complexity index is 1640. The molecule has 1 aliphatic heterocycles. The molecular formula is C25H25N5O5S. The average Bonchev–Trinajstić information content (AvgIpc) is 2.87. The first kappa shape index (κ1) is 24.0. The highest BCUT2D eigenvalue weighted by molar-refractivity contribution is 7.90. The number of fused-ring (bicyclic) bond motifs is 3. The number of carbonyl (C=O) groups excluding carboxylic acids is 1. The number of piperidine rings is 1. The molecule has 0 unspecified atom stereocenters. The van der Waals surface area contributed by atoms with Crippen molar-refractivity contribution in [2.75, 3.05) is 19.3 Å². The molecule has 0 radical (unpaired) electrons. The lowest BCUT2D eigenvalue weighted by molar-refractivity contribution is -0.140. The third-order valence-corrected chi connectivity index (χ3v) is 7.51. The predicted molar refractivity (Wildman–Crippen MR) is 134 cm³/mol. The van der Waals surface area contributed by atoms with Crippen LogP contribution in [-0.2, 0) is 14.6 Å². The van der Waals surface area contributed by atoms with Crippen molar-refractivity contribution < 1.29 is 18.3 Å². The van der Waals surface area contributed by atoms with E-state index in [2.05, 4.69) is 9.97 Å². The topological polar surface area (TPSA) is 135 Å². The second kappa shape index (κ2) is 9.07. The molecule has 0 aromatic carbocycles. The third kappa shape index (κ3) is 4.35. The fraction of sp³-hybridized carbons (Fsp3) is 0.320. The molecular weight excluding hydrogens is 482 g/mol. The third-order valence-electron chi connectivity index (χ3n) is 6.51. The normalized spacial score (nSPS) is 15.9. The van der Waals surface area contributed by atoms with Gasteiger partial charge >= 0.3 is 0 Å². The second-order valence-corrected chi connectivity index (χ2v) is 11.0. The van der Waals surface area contributed by atoms with E-state index in [-0.39, 0.29) is 22.5 Å². The number of aromatic nitrogens is 4. The zero-order chi connectivity index (χ0) is 25.6. The van der Waals surface area contributed by atoms with Gasteiger partial charge in [-0.25, -0.2) is 18.4 Å². The van der Waals surface area contributed by atoms with Crippen LogP contribution in [0.3, 0.4) is 0 Å². The van der Waals surface area contributed by atoms with Crippen LogP contribution in [0.2, 0.25) is 0 Å². The first-order chi connectivity index (χ1) is 17.1. The molecule has 0 spiro atoms. The lowest BCUT2D eigenvalue weighted by Crippen LogP contribution is -2.44. The number of pyridine rings is 4. The van der Waals surface area contributed by atoms with Crippen LogP contribution in [0.25, 0.3) is 33.2 Å². The molecule has 1 atom stereocenters. The molecule has 0 aliphatic carbocycles. The molecule has 11 heteroatoms. The number of aliphatic hydroxyl groups is 1. The predicted octanol–water partition coefficient (Wildman–Crippen LogP) is 1.95. The molecule has 5 rings (SSSR count). The van der Waals surface area contributed by atoms with Gasteiger partial charge in [0.15, 0.2) is 14.9 Å². The highest BCUT2D eigenvalue weighted by atomic mass is 32.2. The Hall–Kier alpha value is -3.70. The van der Waals surface area contributed by atoms with Gasteiger partial charge in [0.25, 0.3) is 11.5 Å².